The van der Waals surface area contributed by atoms with E-state index in [1.165, 1.54) is 24.8 Å². The highest BCUT2D eigenvalue weighted by Crippen LogP contribution is 2.25. The zero-order chi connectivity index (χ0) is 14.8. The minimum atomic E-state index is 0.735. The predicted octanol–water partition coefficient (Wildman–Crippen LogP) is 3.66. The van der Waals surface area contributed by atoms with Gasteiger partial charge in [0.2, 0.25) is 0 Å². The van der Waals surface area contributed by atoms with Crippen LogP contribution in [0.2, 0.25) is 0 Å². The van der Waals surface area contributed by atoms with E-state index in [-0.39, 0.29) is 0 Å². The fraction of sp³-hybridized carbons (Fsp3) is 0.647. The zero-order valence-corrected chi connectivity index (χ0v) is 13.4. The second-order valence-corrected chi connectivity index (χ2v) is 5.59. The summed E-state index contributed by atoms with van der Waals surface area (Å²) in [5.41, 5.74) is 1.27. The minimum absolute atomic E-state index is 0.735. The van der Waals surface area contributed by atoms with Crippen LogP contribution >= 0.6 is 0 Å². The summed E-state index contributed by atoms with van der Waals surface area (Å²) in [7, 11) is 3.40. The van der Waals surface area contributed by atoms with Crippen LogP contribution in [0.1, 0.15) is 38.7 Å². The lowest BCUT2D eigenvalue weighted by atomic mass is 10.1. The van der Waals surface area contributed by atoms with Crippen molar-refractivity contribution in [1.29, 1.82) is 0 Å². The Balaban J connectivity index is 2.24. The van der Waals surface area contributed by atoms with Crippen molar-refractivity contribution in [3.05, 3.63) is 23.8 Å². The molecule has 0 spiro atoms. The molecule has 0 atom stereocenters. The molecule has 0 aliphatic rings. The van der Waals surface area contributed by atoms with Crippen molar-refractivity contribution in [2.24, 2.45) is 5.92 Å². The summed E-state index contributed by atoms with van der Waals surface area (Å²) >= 11 is 0. The van der Waals surface area contributed by atoms with Gasteiger partial charge in [-0.25, -0.2) is 0 Å². The number of hydrogen-bond acceptors (Lipinski definition) is 3. The quantitative estimate of drug-likeness (QED) is 0.663. The van der Waals surface area contributed by atoms with Crippen LogP contribution in [-0.2, 0) is 6.42 Å². The lowest BCUT2D eigenvalue weighted by Crippen LogP contribution is -2.20. The molecule has 0 fully saturated rings. The highest BCUT2D eigenvalue weighted by Gasteiger charge is 2.04. The standard InChI is InChI=1S/C17H29NO2/c1-14(2)13-18-11-7-5-6-8-15-9-10-16(19-3)12-17(15)20-4/h9-10,12,14,18H,5-8,11,13H2,1-4H3. The van der Waals surface area contributed by atoms with Gasteiger partial charge in [0.1, 0.15) is 11.5 Å². The van der Waals surface area contributed by atoms with Gasteiger partial charge < -0.3 is 14.8 Å². The number of ether oxygens (including phenoxy) is 2. The van der Waals surface area contributed by atoms with Crippen LogP contribution in [0.3, 0.4) is 0 Å². The van der Waals surface area contributed by atoms with Gasteiger partial charge in [-0.1, -0.05) is 26.3 Å². The molecule has 3 nitrogen and oxygen atoms in total. The SMILES string of the molecule is COc1ccc(CCCCCNCC(C)C)c(OC)c1. The van der Waals surface area contributed by atoms with Crippen LogP contribution in [0.15, 0.2) is 18.2 Å². The van der Waals surface area contributed by atoms with Crippen LogP contribution in [-0.4, -0.2) is 27.3 Å². The Morgan fingerprint density at radius 2 is 1.85 bits per heavy atom. The number of methoxy groups -OCH3 is 2. The van der Waals surface area contributed by atoms with Crippen LogP contribution in [0.25, 0.3) is 0 Å². The van der Waals surface area contributed by atoms with Gasteiger partial charge >= 0.3 is 0 Å². The third-order valence-electron chi connectivity index (χ3n) is 3.35. The Labute approximate surface area is 123 Å². The van der Waals surface area contributed by atoms with Gasteiger partial charge in [0.25, 0.3) is 0 Å². The van der Waals surface area contributed by atoms with Crippen molar-refractivity contribution in [2.45, 2.75) is 39.5 Å². The summed E-state index contributed by atoms with van der Waals surface area (Å²) in [4.78, 5) is 0. The van der Waals surface area contributed by atoms with Crippen molar-refractivity contribution >= 4 is 0 Å². The molecular weight excluding hydrogens is 250 g/mol. The molecule has 0 bridgehead atoms. The molecule has 0 saturated heterocycles. The molecule has 0 aliphatic carbocycles. The third kappa shape index (κ3) is 6.29. The first-order valence-electron chi connectivity index (χ1n) is 7.59. The van der Waals surface area contributed by atoms with E-state index in [0.717, 1.165) is 36.9 Å². The van der Waals surface area contributed by atoms with E-state index in [2.05, 4.69) is 25.2 Å². The third-order valence-corrected chi connectivity index (χ3v) is 3.35. The van der Waals surface area contributed by atoms with Crippen LogP contribution < -0.4 is 14.8 Å². The highest BCUT2D eigenvalue weighted by atomic mass is 16.5. The van der Waals surface area contributed by atoms with E-state index in [0.29, 0.717) is 0 Å². The number of aryl methyl sites for hydroxylation is 1. The molecule has 1 rings (SSSR count). The van der Waals surface area contributed by atoms with Gasteiger partial charge in [-0.3, -0.25) is 0 Å². The molecule has 1 N–H and O–H groups in total. The molecule has 3 heteroatoms. The fourth-order valence-electron chi connectivity index (χ4n) is 2.19. The molecule has 1 aromatic rings. The molecule has 0 aromatic heterocycles. The lowest BCUT2D eigenvalue weighted by Gasteiger charge is -2.10. The van der Waals surface area contributed by atoms with E-state index in [1.807, 2.05) is 12.1 Å². The van der Waals surface area contributed by atoms with E-state index >= 15 is 0 Å². The molecule has 20 heavy (non-hydrogen) atoms. The predicted molar refractivity (Wildman–Crippen MR) is 84.8 cm³/mol. The van der Waals surface area contributed by atoms with Gasteiger partial charge in [0, 0.05) is 6.07 Å². The maximum absolute atomic E-state index is 5.42. The Morgan fingerprint density at radius 3 is 2.50 bits per heavy atom. The first-order valence-corrected chi connectivity index (χ1v) is 7.59. The van der Waals surface area contributed by atoms with Crippen molar-refractivity contribution in [3.8, 4) is 11.5 Å². The average molecular weight is 279 g/mol. The normalized spacial score (nSPS) is 10.8. The molecule has 0 aliphatic heterocycles. The minimum Gasteiger partial charge on any atom is -0.497 e. The van der Waals surface area contributed by atoms with Gasteiger partial charge in [-0.2, -0.15) is 0 Å². The van der Waals surface area contributed by atoms with Gasteiger partial charge in [-0.05, 0) is 49.9 Å². The fourth-order valence-corrected chi connectivity index (χ4v) is 2.19. The summed E-state index contributed by atoms with van der Waals surface area (Å²) < 4.78 is 10.6. The first-order chi connectivity index (χ1) is 9.67. The summed E-state index contributed by atoms with van der Waals surface area (Å²) in [6.07, 6.45) is 4.76. The van der Waals surface area contributed by atoms with Crippen molar-refractivity contribution in [1.82, 2.24) is 5.32 Å². The molecule has 1 aromatic carbocycles. The zero-order valence-electron chi connectivity index (χ0n) is 13.4. The highest BCUT2D eigenvalue weighted by molar-refractivity contribution is 5.40. The molecule has 0 heterocycles. The van der Waals surface area contributed by atoms with Crippen molar-refractivity contribution < 1.29 is 9.47 Å². The lowest BCUT2D eigenvalue weighted by molar-refractivity contribution is 0.390. The van der Waals surface area contributed by atoms with Gasteiger partial charge in [-0.15, -0.1) is 0 Å². The van der Waals surface area contributed by atoms with Crippen LogP contribution in [0.4, 0.5) is 0 Å². The van der Waals surface area contributed by atoms with Gasteiger partial charge in [0.05, 0.1) is 14.2 Å². The Morgan fingerprint density at radius 1 is 1.05 bits per heavy atom. The van der Waals surface area contributed by atoms with Crippen molar-refractivity contribution in [3.63, 3.8) is 0 Å². The van der Waals surface area contributed by atoms with E-state index in [9.17, 15) is 0 Å². The first kappa shape index (κ1) is 16.8. The molecule has 114 valence electrons. The van der Waals surface area contributed by atoms with E-state index in [1.54, 1.807) is 14.2 Å². The van der Waals surface area contributed by atoms with Crippen LogP contribution in [0, 0.1) is 5.92 Å². The topological polar surface area (TPSA) is 30.5 Å². The maximum Gasteiger partial charge on any atom is 0.125 e. The second kappa shape index (κ2) is 9.65. The Bertz CT molecular complexity index is 377. The molecule has 0 radical (unpaired) electrons. The van der Waals surface area contributed by atoms with Crippen LogP contribution in [0.5, 0.6) is 11.5 Å². The number of hydrogen-bond donors (Lipinski definition) is 1. The average Bonchev–Trinajstić information content (AvgIpc) is 2.46. The molecule has 0 saturated carbocycles. The van der Waals surface area contributed by atoms with E-state index < -0.39 is 0 Å². The molecular formula is C17H29NO2. The Hall–Kier alpha value is -1.22. The summed E-state index contributed by atoms with van der Waals surface area (Å²) in [6.45, 7) is 6.72. The van der Waals surface area contributed by atoms with E-state index in [4.69, 9.17) is 9.47 Å². The van der Waals surface area contributed by atoms with Gasteiger partial charge in [0.15, 0.2) is 0 Å². The van der Waals surface area contributed by atoms with Crippen molar-refractivity contribution in [2.75, 3.05) is 27.3 Å². The number of benzene rings is 1. The number of nitrogens with one attached hydrogen (secondary N) is 1. The molecule has 0 amide bonds. The molecule has 0 unspecified atom stereocenters. The summed E-state index contributed by atoms with van der Waals surface area (Å²) in [6, 6.07) is 6.07. The Kier molecular flexibility index (Phi) is 8.12. The number of rotatable bonds is 10. The second-order valence-electron chi connectivity index (χ2n) is 5.59. The summed E-state index contributed by atoms with van der Waals surface area (Å²) in [5.74, 6) is 2.52. The maximum atomic E-state index is 5.42. The number of unbranched alkanes of at least 4 members (excludes halogenated alkanes) is 2. The smallest absolute Gasteiger partial charge is 0.125 e. The largest absolute Gasteiger partial charge is 0.497 e. The summed E-state index contributed by atoms with van der Waals surface area (Å²) in [5, 5.41) is 3.48. The monoisotopic (exact) mass is 279 g/mol.